The molecule has 0 atom stereocenters. The number of amides is 1. The van der Waals surface area contributed by atoms with Gasteiger partial charge in [-0.2, -0.15) is 4.98 Å². The zero-order valence-electron chi connectivity index (χ0n) is 9.18. The van der Waals surface area contributed by atoms with E-state index in [1.807, 2.05) is 0 Å². The van der Waals surface area contributed by atoms with Crippen molar-refractivity contribution in [3.8, 4) is 0 Å². The first-order chi connectivity index (χ1) is 7.26. The number of anilines is 1. The lowest BCUT2D eigenvalue weighted by Crippen LogP contribution is -2.51. The minimum atomic E-state index is -1.33. The Hall–Kier alpha value is -2.12. The van der Waals surface area contributed by atoms with E-state index < -0.39 is 17.4 Å². The molecule has 1 aromatic heterocycles. The molecule has 0 fully saturated rings. The Morgan fingerprint density at radius 3 is 2.44 bits per heavy atom. The van der Waals surface area contributed by atoms with Gasteiger partial charge in [-0.1, -0.05) is 0 Å². The van der Waals surface area contributed by atoms with Gasteiger partial charge in [-0.15, -0.1) is 5.10 Å². The molecule has 0 unspecified atom stereocenters. The summed E-state index contributed by atoms with van der Waals surface area (Å²) in [4.78, 5) is 27.4. The normalized spacial score (nSPS) is 11.2. The number of aromatic nitrogens is 3. The van der Waals surface area contributed by atoms with Crippen molar-refractivity contribution in [2.24, 2.45) is 0 Å². The summed E-state index contributed by atoms with van der Waals surface area (Å²) < 4.78 is 0. The van der Waals surface area contributed by atoms with E-state index in [-0.39, 0.29) is 11.8 Å². The van der Waals surface area contributed by atoms with Gasteiger partial charge in [0.15, 0.2) is 0 Å². The molecule has 0 aliphatic rings. The third kappa shape index (κ3) is 1.95. The predicted molar refractivity (Wildman–Crippen MR) is 54.6 cm³/mol. The highest BCUT2D eigenvalue weighted by Crippen LogP contribution is 2.14. The number of H-pyrrole nitrogens is 1. The number of carboxylic acids is 1. The number of hydrogen-bond donors (Lipinski definition) is 3. The van der Waals surface area contributed by atoms with E-state index in [2.05, 4.69) is 15.2 Å². The van der Waals surface area contributed by atoms with Crippen molar-refractivity contribution in [1.29, 1.82) is 0 Å². The van der Waals surface area contributed by atoms with Gasteiger partial charge in [0.25, 0.3) is 5.91 Å². The van der Waals surface area contributed by atoms with E-state index in [1.165, 1.54) is 20.9 Å². The van der Waals surface area contributed by atoms with Gasteiger partial charge >= 0.3 is 5.97 Å². The molecular weight excluding hydrogens is 214 g/mol. The molecule has 0 aliphatic heterocycles. The molecule has 0 radical (unpaired) electrons. The Bertz CT molecular complexity index is 425. The number of nitrogen functional groups attached to an aromatic ring is 1. The van der Waals surface area contributed by atoms with Gasteiger partial charge in [-0.25, -0.2) is 4.79 Å². The molecule has 1 heterocycles. The smallest absolute Gasteiger partial charge is 0.329 e. The Morgan fingerprint density at radius 2 is 2.06 bits per heavy atom. The standard InChI is InChI=1S/C8H13N5O3/c1-8(2,6(15)16)13(3)5(14)4-10-7(9)12-11-4/h1-3H3,(H,15,16)(H3,9,10,11,12). The summed E-state index contributed by atoms with van der Waals surface area (Å²) in [7, 11) is 1.37. The van der Waals surface area contributed by atoms with E-state index in [9.17, 15) is 9.59 Å². The molecule has 0 saturated carbocycles. The highest BCUT2D eigenvalue weighted by atomic mass is 16.4. The number of aromatic amines is 1. The molecule has 1 rings (SSSR count). The maximum atomic E-state index is 11.8. The van der Waals surface area contributed by atoms with Crippen LogP contribution in [-0.2, 0) is 4.79 Å². The fraction of sp³-hybridized carbons (Fsp3) is 0.500. The second-order valence-corrected chi connectivity index (χ2v) is 3.77. The second kappa shape index (κ2) is 3.80. The first kappa shape index (κ1) is 12.0. The summed E-state index contributed by atoms with van der Waals surface area (Å²) >= 11 is 0. The van der Waals surface area contributed by atoms with Crippen LogP contribution in [0.15, 0.2) is 0 Å². The van der Waals surface area contributed by atoms with Crippen LogP contribution in [0.25, 0.3) is 0 Å². The van der Waals surface area contributed by atoms with Crippen molar-refractivity contribution in [1.82, 2.24) is 20.1 Å². The fourth-order valence-corrected chi connectivity index (χ4v) is 0.927. The van der Waals surface area contributed by atoms with Gasteiger partial charge in [0.1, 0.15) is 5.54 Å². The van der Waals surface area contributed by atoms with Crippen LogP contribution in [0.2, 0.25) is 0 Å². The molecule has 0 spiro atoms. The lowest BCUT2D eigenvalue weighted by molar-refractivity contribution is -0.147. The van der Waals surface area contributed by atoms with Gasteiger partial charge in [0.05, 0.1) is 0 Å². The van der Waals surface area contributed by atoms with Crippen molar-refractivity contribution in [3.05, 3.63) is 5.82 Å². The molecular formula is C8H13N5O3. The van der Waals surface area contributed by atoms with E-state index in [4.69, 9.17) is 10.8 Å². The van der Waals surface area contributed by atoms with E-state index >= 15 is 0 Å². The third-order valence-corrected chi connectivity index (χ3v) is 2.37. The second-order valence-electron chi connectivity index (χ2n) is 3.77. The first-order valence-electron chi connectivity index (χ1n) is 4.46. The minimum absolute atomic E-state index is 0.0649. The number of aliphatic carboxylic acids is 1. The molecule has 0 aromatic carbocycles. The average Bonchev–Trinajstić information content (AvgIpc) is 2.62. The summed E-state index contributed by atoms with van der Waals surface area (Å²) in [5.74, 6) is -1.85. The molecule has 8 nitrogen and oxygen atoms in total. The van der Waals surface area contributed by atoms with Gasteiger partial charge in [0, 0.05) is 7.05 Å². The number of nitrogens with two attached hydrogens (primary N) is 1. The van der Waals surface area contributed by atoms with Crippen molar-refractivity contribution in [2.75, 3.05) is 12.8 Å². The highest BCUT2D eigenvalue weighted by molar-refractivity contribution is 5.94. The molecule has 16 heavy (non-hydrogen) atoms. The number of hydrogen-bond acceptors (Lipinski definition) is 5. The Balaban J connectivity index is 2.95. The quantitative estimate of drug-likeness (QED) is 0.628. The van der Waals surface area contributed by atoms with E-state index in [0.29, 0.717) is 0 Å². The van der Waals surface area contributed by atoms with Crippen molar-refractivity contribution in [2.45, 2.75) is 19.4 Å². The van der Waals surface area contributed by atoms with E-state index in [0.717, 1.165) is 4.90 Å². The Kier molecular flexibility index (Phi) is 2.84. The zero-order chi connectivity index (χ0) is 12.5. The SMILES string of the molecule is CN(C(=O)c1nc(N)n[nH]1)C(C)(C)C(=O)O. The zero-order valence-corrected chi connectivity index (χ0v) is 9.18. The number of nitrogens with one attached hydrogen (secondary N) is 1. The molecule has 88 valence electrons. The van der Waals surface area contributed by atoms with E-state index in [1.54, 1.807) is 0 Å². The average molecular weight is 227 g/mol. The number of nitrogens with zero attached hydrogens (tertiary/aromatic N) is 3. The molecule has 4 N–H and O–H groups in total. The van der Waals surface area contributed by atoms with Crippen LogP contribution in [0, 0.1) is 0 Å². The first-order valence-corrected chi connectivity index (χ1v) is 4.46. The van der Waals surface area contributed by atoms with Crippen LogP contribution in [0.4, 0.5) is 5.95 Å². The molecule has 0 saturated heterocycles. The Morgan fingerprint density at radius 1 is 1.50 bits per heavy atom. The van der Waals surface area contributed by atoms with Crippen molar-refractivity contribution in [3.63, 3.8) is 0 Å². The summed E-state index contributed by atoms with van der Waals surface area (Å²) in [6, 6.07) is 0. The summed E-state index contributed by atoms with van der Waals surface area (Å²) in [6.45, 7) is 2.82. The van der Waals surface area contributed by atoms with Crippen LogP contribution >= 0.6 is 0 Å². The third-order valence-electron chi connectivity index (χ3n) is 2.37. The highest BCUT2D eigenvalue weighted by Gasteiger charge is 2.36. The lowest BCUT2D eigenvalue weighted by atomic mass is 10.0. The number of likely N-dealkylation sites (N-methyl/N-ethyl adjacent to an activating group) is 1. The van der Waals surface area contributed by atoms with Gasteiger partial charge in [-0.3, -0.25) is 9.89 Å². The number of carbonyl (C=O) groups excluding carboxylic acids is 1. The van der Waals surface area contributed by atoms with Gasteiger partial charge in [-0.05, 0) is 13.8 Å². The predicted octanol–water partition coefficient (Wildman–Crippen LogP) is -0.678. The molecule has 0 aliphatic carbocycles. The van der Waals surface area contributed by atoms with Crippen molar-refractivity contribution < 1.29 is 14.7 Å². The fourth-order valence-electron chi connectivity index (χ4n) is 0.927. The monoisotopic (exact) mass is 227 g/mol. The summed E-state index contributed by atoms with van der Waals surface area (Å²) in [6.07, 6.45) is 0. The van der Waals surface area contributed by atoms with Crippen molar-refractivity contribution >= 4 is 17.8 Å². The van der Waals surface area contributed by atoms with Crippen LogP contribution < -0.4 is 5.73 Å². The molecule has 1 aromatic rings. The largest absolute Gasteiger partial charge is 0.480 e. The number of rotatable bonds is 3. The summed E-state index contributed by atoms with van der Waals surface area (Å²) in [5, 5.41) is 14.8. The van der Waals surface area contributed by atoms with Crippen LogP contribution in [0.1, 0.15) is 24.5 Å². The Labute approximate surface area is 91.5 Å². The van der Waals surface area contributed by atoms with Gasteiger partial charge in [0.2, 0.25) is 11.8 Å². The topological polar surface area (TPSA) is 125 Å². The lowest BCUT2D eigenvalue weighted by Gasteiger charge is -2.30. The maximum absolute atomic E-state index is 11.8. The maximum Gasteiger partial charge on any atom is 0.329 e. The summed E-state index contributed by atoms with van der Waals surface area (Å²) in [5.41, 5.74) is 3.91. The number of carboxylic acid groups (broad SMARTS) is 1. The van der Waals surface area contributed by atoms with Gasteiger partial charge < -0.3 is 15.7 Å². The van der Waals surface area contributed by atoms with Crippen LogP contribution in [0.5, 0.6) is 0 Å². The molecule has 0 bridgehead atoms. The van der Waals surface area contributed by atoms with Crippen LogP contribution in [-0.4, -0.2) is 49.7 Å². The van der Waals surface area contributed by atoms with Crippen LogP contribution in [0.3, 0.4) is 0 Å². The number of carbonyl (C=O) groups is 2. The minimum Gasteiger partial charge on any atom is -0.480 e. The molecule has 1 amide bonds. The molecule has 8 heteroatoms.